The van der Waals surface area contributed by atoms with Crippen LogP contribution in [0.25, 0.3) is 0 Å². The van der Waals surface area contributed by atoms with E-state index in [1.807, 2.05) is 12.1 Å². The molecule has 0 bridgehead atoms. The Morgan fingerprint density at radius 2 is 1.92 bits per heavy atom. The van der Waals surface area contributed by atoms with Crippen molar-refractivity contribution >= 4 is 5.91 Å². The lowest BCUT2D eigenvalue weighted by atomic mass is 9.85. The molecule has 0 aliphatic carbocycles. The third-order valence-corrected chi connectivity index (χ3v) is 4.44. The van der Waals surface area contributed by atoms with Crippen LogP contribution in [0.4, 0.5) is 4.39 Å². The summed E-state index contributed by atoms with van der Waals surface area (Å²) in [5.74, 6) is -0.589. The molecule has 2 aromatic carbocycles. The van der Waals surface area contributed by atoms with Crippen LogP contribution in [-0.2, 0) is 12.0 Å². The van der Waals surface area contributed by atoms with Crippen molar-refractivity contribution in [2.24, 2.45) is 0 Å². The number of rotatable bonds is 2. The monoisotopic (exact) mass is 322 g/mol. The molecule has 1 amide bonds. The Morgan fingerprint density at radius 1 is 1.21 bits per heavy atom. The summed E-state index contributed by atoms with van der Waals surface area (Å²) in [6, 6.07) is 13.5. The fraction of sp³-hybridized carbons (Fsp3) is 0.300. The Bertz CT molecular complexity index is 845. The predicted molar refractivity (Wildman–Crippen MR) is 89.8 cm³/mol. The molecule has 0 saturated heterocycles. The number of carbonyl (C=O) groups excluding carboxylic acids is 1. The van der Waals surface area contributed by atoms with Gasteiger partial charge in [-0.15, -0.1) is 0 Å². The van der Waals surface area contributed by atoms with E-state index >= 15 is 0 Å². The largest absolute Gasteiger partial charge is 0.314 e. The summed E-state index contributed by atoms with van der Waals surface area (Å²) >= 11 is 0. The number of benzene rings is 2. The SMILES string of the molecule is CC(C)(C)c1ccc2c(c1)C(C#N)N(Cc1ccccc1F)C2=O. The first-order chi connectivity index (χ1) is 11.3. The van der Waals surface area contributed by atoms with Gasteiger partial charge in [-0.05, 0) is 23.1 Å². The predicted octanol–water partition coefficient (Wildman–Crippen LogP) is 4.34. The van der Waals surface area contributed by atoms with E-state index in [9.17, 15) is 14.4 Å². The van der Waals surface area contributed by atoms with Crippen LogP contribution in [0.1, 0.15) is 53.9 Å². The van der Waals surface area contributed by atoms with E-state index in [0.29, 0.717) is 16.7 Å². The molecule has 122 valence electrons. The van der Waals surface area contributed by atoms with Gasteiger partial charge < -0.3 is 4.90 Å². The Kier molecular flexibility index (Phi) is 3.88. The Morgan fingerprint density at radius 3 is 2.54 bits per heavy atom. The third-order valence-electron chi connectivity index (χ3n) is 4.44. The van der Waals surface area contributed by atoms with Gasteiger partial charge in [0.05, 0.1) is 12.6 Å². The standard InChI is InChI=1S/C20H19FN2O/c1-20(2,3)14-8-9-15-16(10-14)18(11-22)23(19(15)24)12-13-6-4-5-7-17(13)21/h4-10,18H,12H2,1-3H3. The van der Waals surface area contributed by atoms with Crippen molar-refractivity contribution in [2.75, 3.05) is 0 Å². The highest BCUT2D eigenvalue weighted by Crippen LogP contribution is 2.37. The smallest absolute Gasteiger partial charge is 0.255 e. The summed E-state index contributed by atoms with van der Waals surface area (Å²) in [7, 11) is 0. The molecule has 0 fully saturated rings. The van der Waals surface area contributed by atoms with Gasteiger partial charge in [-0.25, -0.2) is 4.39 Å². The molecule has 2 aromatic rings. The Hall–Kier alpha value is -2.67. The molecule has 0 aromatic heterocycles. The van der Waals surface area contributed by atoms with Gasteiger partial charge in [-0.3, -0.25) is 4.79 Å². The summed E-state index contributed by atoms with van der Waals surface area (Å²) in [5, 5.41) is 9.60. The normalized spacial score (nSPS) is 16.9. The number of halogens is 1. The maximum Gasteiger partial charge on any atom is 0.255 e. The number of nitriles is 1. The topological polar surface area (TPSA) is 44.1 Å². The van der Waals surface area contributed by atoms with Crippen molar-refractivity contribution in [1.82, 2.24) is 4.90 Å². The second kappa shape index (κ2) is 5.76. The highest BCUT2D eigenvalue weighted by Gasteiger charge is 2.37. The van der Waals surface area contributed by atoms with Gasteiger partial charge in [0.2, 0.25) is 0 Å². The number of carbonyl (C=O) groups is 1. The molecule has 1 heterocycles. The number of amides is 1. The van der Waals surface area contributed by atoms with Crippen LogP contribution in [0.15, 0.2) is 42.5 Å². The number of hydrogen-bond donors (Lipinski definition) is 0. The Labute approximate surface area is 141 Å². The first kappa shape index (κ1) is 16.2. The van der Waals surface area contributed by atoms with E-state index in [-0.39, 0.29) is 23.7 Å². The maximum absolute atomic E-state index is 13.9. The molecule has 3 rings (SSSR count). The van der Waals surface area contributed by atoms with Crippen LogP contribution in [-0.4, -0.2) is 10.8 Å². The van der Waals surface area contributed by atoms with Crippen molar-refractivity contribution in [3.8, 4) is 6.07 Å². The van der Waals surface area contributed by atoms with Crippen LogP contribution < -0.4 is 0 Å². The number of hydrogen-bond acceptors (Lipinski definition) is 2. The number of fused-ring (bicyclic) bond motifs is 1. The van der Waals surface area contributed by atoms with E-state index in [1.54, 1.807) is 24.3 Å². The summed E-state index contributed by atoms with van der Waals surface area (Å²) in [4.78, 5) is 14.1. The van der Waals surface area contributed by atoms with Gasteiger partial charge in [0.15, 0.2) is 0 Å². The summed E-state index contributed by atoms with van der Waals surface area (Å²) in [6.07, 6.45) is 0. The van der Waals surface area contributed by atoms with Gasteiger partial charge in [0.1, 0.15) is 11.9 Å². The average Bonchev–Trinajstić information content (AvgIpc) is 2.80. The second-order valence-electron chi connectivity index (χ2n) is 7.11. The molecule has 3 nitrogen and oxygen atoms in total. The van der Waals surface area contributed by atoms with Gasteiger partial charge in [0, 0.05) is 16.7 Å². The Balaban J connectivity index is 2.01. The van der Waals surface area contributed by atoms with Gasteiger partial charge in [-0.1, -0.05) is 51.1 Å². The molecular formula is C20H19FN2O. The highest BCUT2D eigenvalue weighted by atomic mass is 19.1. The first-order valence-corrected chi connectivity index (χ1v) is 7.91. The van der Waals surface area contributed by atoms with Crippen molar-refractivity contribution in [1.29, 1.82) is 5.26 Å². The molecule has 1 aliphatic heterocycles. The zero-order chi connectivity index (χ0) is 17.5. The van der Waals surface area contributed by atoms with E-state index < -0.39 is 6.04 Å². The van der Waals surface area contributed by atoms with Crippen molar-refractivity contribution in [3.05, 3.63) is 70.5 Å². The minimum Gasteiger partial charge on any atom is -0.314 e. The fourth-order valence-electron chi connectivity index (χ4n) is 3.00. The van der Waals surface area contributed by atoms with E-state index in [2.05, 4.69) is 26.8 Å². The number of nitrogens with zero attached hydrogens (tertiary/aromatic N) is 2. The molecule has 4 heteroatoms. The zero-order valence-electron chi connectivity index (χ0n) is 14.0. The minimum atomic E-state index is -0.686. The molecule has 24 heavy (non-hydrogen) atoms. The van der Waals surface area contributed by atoms with E-state index in [1.165, 1.54) is 11.0 Å². The minimum absolute atomic E-state index is 0.0724. The van der Waals surface area contributed by atoms with Crippen LogP contribution >= 0.6 is 0 Å². The van der Waals surface area contributed by atoms with E-state index in [4.69, 9.17) is 0 Å². The molecule has 1 aliphatic rings. The van der Waals surface area contributed by atoms with Crippen LogP contribution in [0.3, 0.4) is 0 Å². The first-order valence-electron chi connectivity index (χ1n) is 7.91. The second-order valence-corrected chi connectivity index (χ2v) is 7.11. The quantitative estimate of drug-likeness (QED) is 0.825. The lowest BCUT2D eigenvalue weighted by Gasteiger charge is -2.21. The molecular weight excluding hydrogens is 303 g/mol. The van der Waals surface area contributed by atoms with Gasteiger partial charge in [0.25, 0.3) is 5.91 Å². The molecule has 0 radical (unpaired) electrons. The molecule has 0 N–H and O–H groups in total. The average molecular weight is 322 g/mol. The molecule has 1 atom stereocenters. The fourth-order valence-corrected chi connectivity index (χ4v) is 3.00. The molecule has 0 saturated carbocycles. The highest BCUT2D eigenvalue weighted by molar-refractivity contribution is 5.99. The third kappa shape index (κ3) is 2.67. The molecule has 1 unspecified atom stereocenters. The van der Waals surface area contributed by atoms with Crippen LogP contribution in [0, 0.1) is 17.1 Å². The van der Waals surface area contributed by atoms with Crippen molar-refractivity contribution in [2.45, 2.75) is 38.8 Å². The lowest BCUT2D eigenvalue weighted by molar-refractivity contribution is 0.0743. The van der Waals surface area contributed by atoms with Crippen LogP contribution in [0.5, 0.6) is 0 Å². The summed E-state index contributed by atoms with van der Waals surface area (Å²) < 4.78 is 13.9. The zero-order valence-corrected chi connectivity index (χ0v) is 14.0. The van der Waals surface area contributed by atoms with Crippen molar-refractivity contribution < 1.29 is 9.18 Å². The van der Waals surface area contributed by atoms with Gasteiger partial charge >= 0.3 is 0 Å². The van der Waals surface area contributed by atoms with E-state index in [0.717, 1.165) is 5.56 Å². The van der Waals surface area contributed by atoms with Crippen molar-refractivity contribution in [3.63, 3.8) is 0 Å². The molecule has 0 spiro atoms. The summed E-state index contributed by atoms with van der Waals surface area (Å²) in [5.41, 5.74) is 2.66. The lowest BCUT2D eigenvalue weighted by Crippen LogP contribution is -2.27. The maximum atomic E-state index is 13.9. The van der Waals surface area contributed by atoms with Gasteiger partial charge in [-0.2, -0.15) is 5.26 Å². The summed E-state index contributed by atoms with van der Waals surface area (Å²) in [6.45, 7) is 6.35. The van der Waals surface area contributed by atoms with Crippen LogP contribution in [0.2, 0.25) is 0 Å².